The van der Waals surface area contributed by atoms with E-state index in [1.165, 1.54) is 15.7 Å². The minimum atomic E-state index is -0.572. The topological polar surface area (TPSA) is 125 Å². The highest BCUT2D eigenvalue weighted by molar-refractivity contribution is 7.15. The Bertz CT molecular complexity index is 696. The molecule has 1 aliphatic rings. The second-order valence-electron chi connectivity index (χ2n) is 4.70. The Morgan fingerprint density at radius 1 is 1.67 bits per heavy atom. The number of carbonyl (C=O) groups excluding carboxylic acids is 1. The summed E-state index contributed by atoms with van der Waals surface area (Å²) in [7, 11) is 0. The van der Waals surface area contributed by atoms with Gasteiger partial charge in [-0.05, 0) is 17.8 Å². The molecule has 0 aromatic carbocycles. The van der Waals surface area contributed by atoms with E-state index in [4.69, 9.17) is 10.5 Å². The number of nitro groups is 1. The van der Waals surface area contributed by atoms with Crippen LogP contribution in [0.3, 0.4) is 0 Å². The normalized spacial score (nSPS) is 21.7. The lowest BCUT2D eigenvalue weighted by atomic mass is 10.2. The van der Waals surface area contributed by atoms with Gasteiger partial charge in [0, 0.05) is 11.9 Å². The molecule has 0 bridgehead atoms. The molecule has 2 unspecified atom stereocenters. The molecule has 3 N–H and O–H groups in total. The Balaban J connectivity index is 1.71. The van der Waals surface area contributed by atoms with Gasteiger partial charge in [0.15, 0.2) is 0 Å². The molecule has 1 aliphatic heterocycles. The lowest BCUT2D eigenvalue weighted by Crippen LogP contribution is -2.30. The Hall–Kier alpha value is -2.20. The van der Waals surface area contributed by atoms with Crippen LogP contribution in [0.2, 0.25) is 0 Å². The number of imidazole rings is 1. The van der Waals surface area contributed by atoms with E-state index in [1.54, 1.807) is 11.6 Å². The maximum Gasteiger partial charge on any atom is 0.372 e. The van der Waals surface area contributed by atoms with Gasteiger partial charge < -0.3 is 25.9 Å². The number of nitrogens with zero attached hydrogens (tertiary/aromatic N) is 3. The van der Waals surface area contributed by atoms with Gasteiger partial charge in [0.2, 0.25) is 11.7 Å². The zero-order valence-corrected chi connectivity index (χ0v) is 11.7. The molecule has 1 saturated heterocycles. The molecule has 112 valence electrons. The van der Waals surface area contributed by atoms with Crippen LogP contribution in [-0.4, -0.2) is 39.0 Å². The Morgan fingerprint density at radius 2 is 2.48 bits per heavy atom. The van der Waals surface area contributed by atoms with Crippen LogP contribution in [0.1, 0.15) is 12.8 Å². The van der Waals surface area contributed by atoms with Crippen molar-refractivity contribution >= 4 is 33.8 Å². The lowest BCUT2D eigenvalue weighted by molar-refractivity contribution is -0.389. The van der Waals surface area contributed by atoms with E-state index in [-0.39, 0.29) is 17.7 Å². The molecule has 3 rings (SSSR count). The zero-order valence-electron chi connectivity index (χ0n) is 10.9. The van der Waals surface area contributed by atoms with E-state index in [0.717, 1.165) is 0 Å². The van der Waals surface area contributed by atoms with E-state index in [2.05, 4.69) is 10.3 Å². The lowest BCUT2D eigenvalue weighted by Gasteiger charge is -2.11. The molecule has 3 heterocycles. The van der Waals surface area contributed by atoms with Gasteiger partial charge in [-0.25, -0.2) is 0 Å². The van der Waals surface area contributed by atoms with E-state index < -0.39 is 16.9 Å². The number of rotatable bonds is 5. The number of ether oxygens (including phenoxy) is 1. The number of fused-ring (bicyclic) bond motifs is 1. The van der Waals surface area contributed by atoms with E-state index in [0.29, 0.717) is 24.3 Å². The van der Waals surface area contributed by atoms with Crippen LogP contribution >= 0.6 is 11.3 Å². The number of thiazole rings is 1. The van der Waals surface area contributed by atoms with E-state index >= 15 is 0 Å². The molecule has 2 aromatic rings. The molecule has 1 fully saturated rings. The van der Waals surface area contributed by atoms with Gasteiger partial charge in [0.05, 0.1) is 6.10 Å². The molecule has 0 radical (unpaired) electrons. The number of nitrogens with two attached hydrogens (primary N) is 1. The predicted octanol–water partition coefficient (Wildman–Crippen LogP) is 0.749. The summed E-state index contributed by atoms with van der Waals surface area (Å²) >= 11 is 1.32. The van der Waals surface area contributed by atoms with Crippen molar-refractivity contribution in [2.45, 2.75) is 25.0 Å². The van der Waals surface area contributed by atoms with Gasteiger partial charge in [0.25, 0.3) is 4.96 Å². The number of amides is 1. The maximum atomic E-state index is 11.1. The van der Waals surface area contributed by atoms with Crippen molar-refractivity contribution in [3.8, 4) is 0 Å². The summed E-state index contributed by atoms with van der Waals surface area (Å²) in [5.41, 5.74) is 5.18. The van der Waals surface area contributed by atoms with Crippen LogP contribution in [0, 0.1) is 10.1 Å². The van der Waals surface area contributed by atoms with Crippen LogP contribution in [-0.2, 0) is 9.53 Å². The summed E-state index contributed by atoms with van der Waals surface area (Å²) in [4.78, 5) is 26.4. The molecule has 0 spiro atoms. The first kappa shape index (κ1) is 13.8. The number of hydrogen-bond donors (Lipinski definition) is 2. The number of anilines is 1. The van der Waals surface area contributed by atoms with Gasteiger partial charge in [-0.2, -0.15) is 9.38 Å². The summed E-state index contributed by atoms with van der Waals surface area (Å²) in [6.45, 7) is 0.343. The fraction of sp³-hybridized carbons (Fsp3) is 0.455. The summed E-state index contributed by atoms with van der Waals surface area (Å²) in [5.74, 6) is -0.375. The number of primary amides is 1. The monoisotopic (exact) mass is 311 g/mol. The highest BCUT2D eigenvalue weighted by atomic mass is 32.1. The summed E-state index contributed by atoms with van der Waals surface area (Å²) < 4.78 is 6.89. The molecule has 21 heavy (non-hydrogen) atoms. The molecule has 0 saturated carbocycles. The quantitative estimate of drug-likeness (QED) is 0.620. The molecular weight excluding hydrogens is 298 g/mol. The van der Waals surface area contributed by atoms with Crippen molar-refractivity contribution in [2.75, 3.05) is 11.9 Å². The van der Waals surface area contributed by atoms with Gasteiger partial charge in [-0.3, -0.25) is 4.79 Å². The van der Waals surface area contributed by atoms with Crippen LogP contribution in [0.5, 0.6) is 0 Å². The van der Waals surface area contributed by atoms with Gasteiger partial charge in [-0.1, -0.05) is 11.3 Å². The number of carbonyl (C=O) groups is 1. The molecule has 9 nitrogen and oxygen atoms in total. The van der Waals surface area contributed by atoms with Crippen molar-refractivity contribution in [3.63, 3.8) is 0 Å². The number of hydrogen-bond acceptors (Lipinski definition) is 7. The molecule has 2 aromatic heterocycles. The summed E-state index contributed by atoms with van der Waals surface area (Å²) in [5, 5.41) is 15.8. The largest absolute Gasteiger partial charge is 0.372 e. The second-order valence-corrected chi connectivity index (χ2v) is 5.58. The smallest absolute Gasteiger partial charge is 0.367 e. The molecule has 2 atom stereocenters. The van der Waals surface area contributed by atoms with Gasteiger partial charge >= 0.3 is 5.82 Å². The van der Waals surface area contributed by atoms with Crippen LogP contribution < -0.4 is 11.1 Å². The third-order valence-corrected chi connectivity index (χ3v) is 4.09. The predicted molar refractivity (Wildman–Crippen MR) is 75.3 cm³/mol. The average molecular weight is 311 g/mol. The van der Waals surface area contributed by atoms with Crippen molar-refractivity contribution in [2.24, 2.45) is 5.73 Å². The van der Waals surface area contributed by atoms with Crippen molar-refractivity contribution < 1.29 is 14.5 Å². The minimum Gasteiger partial charge on any atom is -0.367 e. The van der Waals surface area contributed by atoms with Gasteiger partial charge in [-0.15, -0.1) is 0 Å². The van der Waals surface area contributed by atoms with Crippen molar-refractivity contribution in [3.05, 3.63) is 21.7 Å². The average Bonchev–Trinajstić information content (AvgIpc) is 3.10. The first-order valence-corrected chi connectivity index (χ1v) is 7.23. The second kappa shape index (κ2) is 5.30. The molecule has 1 amide bonds. The third-order valence-electron chi connectivity index (χ3n) is 3.33. The first-order chi connectivity index (χ1) is 10.1. The van der Waals surface area contributed by atoms with Crippen LogP contribution in [0.15, 0.2) is 11.6 Å². The van der Waals surface area contributed by atoms with Crippen LogP contribution in [0.4, 0.5) is 11.6 Å². The maximum absolute atomic E-state index is 11.1. The van der Waals surface area contributed by atoms with Crippen LogP contribution in [0.25, 0.3) is 4.96 Å². The third kappa shape index (κ3) is 2.54. The molecule has 10 heteroatoms. The Kier molecular flexibility index (Phi) is 3.47. The van der Waals surface area contributed by atoms with Gasteiger partial charge in [0.1, 0.15) is 12.3 Å². The first-order valence-electron chi connectivity index (χ1n) is 6.35. The van der Waals surface area contributed by atoms with Crippen molar-refractivity contribution in [1.29, 1.82) is 0 Å². The number of aromatic nitrogens is 2. The molecule has 0 aliphatic carbocycles. The summed E-state index contributed by atoms with van der Waals surface area (Å²) in [6.07, 6.45) is 2.07. The highest BCUT2D eigenvalue weighted by Gasteiger charge is 2.30. The highest BCUT2D eigenvalue weighted by Crippen LogP contribution is 2.28. The van der Waals surface area contributed by atoms with E-state index in [1.807, 2.05) is 0 Å². The summed E-state index contributed by atoms with van der Waals surface area (Å²) in [6, 6.07) is 0. The zero-order chi connectivity index (χ0) is 15.0. The fourth-order valence-electron chi connectivity index (χ4n) is 2.34. The standard InChI is InChI=1S/C11H13N5O4S/c12-8(17)7-2-1-6(20-7)5-13-9-10(16(18)19)15-3-4-21-11(15)14-9/h3-4,6-7,13H,1-2,5H2,(H2,12,17). The Labute approximate surface area is 122 Å². The SMILES string of the molecule is NC(=O)C1CCC(CNc2nc3sccn3c2[N+](=O)[O-])O1. The minimum absolute atomic E-state index is 0.101. The fourth-order valence-corrected chi connectivity index (χ4v) is 3.05. The Morgan fingerprint density at radius 3 is 3.14 bits per heavy atom. The molecular formula is C11H13N5O4S. The van der Waals surface area contributed by atoms with E-state index in [9.17, 15) is 14.9 Å². The van der Waals surface area contributed by atoms with Crippen molar-refractivity contribution in [1.82, 2.24) is 9.38 Å². The number of nitrogens with one attached hydrogen (secondary N) is 1.